The van der Waals surface area contributed by atoms with Gasteiger partial charge in [0.2, 0.25) is 0 Å². The highest BCUT2D eigenvalue weighted by molar-refractivity contribution is 6.35. The van der Waals surface area contributed by atoms with Crippen molar-refractivity contribution in [3.8, 4) is 0 Å². The molecule has 0 aromatic carbocycles. The Balaban J connectivity index is 1.78. The van der Waals surface area contributed by atoms with Crippen molar-refractivity contribution in [3.05, 3.63) is 28.0 Å². The Bertz CT molecular complexity index is 386. The number of halogens is 3. The molecule has 1 N–H and O–H groups in total. The van der Waals surface area contributed by atoms with Crippen LogP contribution in [0.4, 0.5) is 4.39 Å². The number of hydrogen-bond donors (Lipinski definition) is 1. The summed E-state index contributed by atoms with van der Waals surface area (Å²) in [7, 11) is 0. The third-order valence-corrected chi connectivity index (χ3v) is 4.10. The second-order valence-corrected chi connectivity index (χ2v) is 5.68. The summed E-state index contributed by atoms with van der Waals surface area (Å²) in [6.45, 7) is 1.10. The minimum atomic E-state index is -1.01. The van der Waals surface area contributed by atoms with Gasteiger partial charge in [0.1, 0.15) is 5.67 Å². The molecule has 0 saturated heterocycles. The van der Waals surface area contributed by atoms with Gasteiger partial charge >= 0.3 is 0 Å². The lowest BCUT2D eigenvalue weighted by Gasteiger charge is -2.19. The van der Waals surface area contributed by atoms with Crippen LogP contribution < -0.4 is 5.32 Å². The molecule has 1 saturated carbocycles. The smallest absolute Gasteiger partial charge is 0.123 e. The molecular formula is C13H17Cl2FN2. The maximum atomic E-state index is 14.1. The molecule has 1 fully saturated rings. The highest BCUT2D eigenvalue weighted by Gasteiger charge is 2.32. The Morgan fingerprint density at radius 1 is 1.22 bits per heavy atom. The second kappa shape index (κ2) is 6.18. The summed E-state index contributed by atoms with van der Waals surface area (Å²) in [5.41, 5.74) is -0.133. The summed E-state index contributed by atoms with van der Waals surface area (Å²) in [5, 5.41) is 4.30. The molecule has 0 bridgehead atoms. The van der Waals surface area contributed by atoms with Crippen LogP contribution in [-0.4, -0.2) is 23.7 Å². The van der Waals surface area contributed by atoms with E-state index in [0.717, 1.165) is 18.4 Å². The molecule has 0 amide bonds. The van der Waals surface area contributed by atoms with Gasteiger partial charge in [0.15, 0.2) is 0 Å². The fraction of sp³-hybridized carbons (Fsp3) is 0.615. The fourth-order valence-corrected chi connectivity index (χ4v) is 2.94. The monoisotopic (exact) mass is 290 g/mol. The fourth-order valence-electron chi connectivity index (χ4n) is 2.39. The largest absolute Gasteiger partial charge is 0.313 e. The summed E-state index contributed by atoms with van der Waals surface area (Å²) in [5.74, 6) is 0. The maximum absolute atomic E-state index is 14.1. The lowest BCUT2D eigenvalue weighted by atomic mass is 10.1. The van der Waals surface area contributed by atoms with Gasteiger partial charge in [-0.25, -0.2) is 4.39 Å². The van der Waals surface area contributed by atoms with E-state index in [1.54, 1.807) is 12.4 Å². The molecule has 1 heterocycles. The third kappa shape index (κ3) is 3.56. The minimum Gasteiger partial charge on any atom is -0.313 e. The zero-order chi connectivity index (χ0) is 13.0. The van der Waals surface area contributed by atoms with Crippen LogP contribution in [0.1, 0.15) is 31.2 Å². The minimum absolute atomic E-state index is 0.424. The molecule has 2 rings (SSSR count). The standard InChI is InChI=1S/C13H17Cl2FN2/c14-11-7-18-8-12(15)10(11)3-6-17-9-13(16)4-1-2-5-13/h7-8,17H,1-6,9H2. The molecule has 0 atom stereocenters. The van der Waals surface area contributed by atoms with Gasteiger partial charge in [-0.1, -0.05) is 36.0 Å². The maximum Gasteiger partial charge on any atom is 0.123 e. The van der Waals surface area contributed by atoms with Gasteiger partial charge in [-0.3, -0.25) is 4.98 Å². The van der Waals surface area contributed by atoms with Crippen LogP contribution in [-0.2, 0) is 6.42 Å². The van der Waals surface area contributed by atoms with Gasteiger partial charge in [-0.2, -0.15) is 0 Å². The van der Waals surface area contributed by atoms with Crippen LogP contribution in [0.2, 0.25) is 10.0 Å². The molecule has 0 aliphatic heterocycles. The molecule has 5 heteroatoms. The number of aromatic nitrogens is 1. The quantitative estimate of drug-likeness (QED) is 0.835. The number of hydrogen-bond acceptors (Lipinski definition) is 2. The summed E-state index contributed by atoms with van der Waals surface area (Å²) in [6.07, 6.45) is 7.21. The summed E-state index contributed by atoms with van der Waals surface area (Å²) < 4.78 is 14.1. The van der Waals surface area contributed by atoms with E-state index in [9.17, 15) is 4.39 Å². The van der Waals surface area contributed by atoms with Gasteiger partial charge in [0.25, 0.3) is 0 Å². The van der Waals surface area contributed by atoms with E-state index in [2.05, 4.69) is 10.3 Å². The van der Waals surface area contributed by atoms with E-state index in [-0.39, 0.29) is 0 Å². The van der Waals surface area contributed by atoms with E-state index in [4.69, 9.17) is 23.2 Å². The van der Waals surface area contributed by atoms with E-state index in [1.165, 1.54) is 0 Å². The van der Waals surface area contributed by atoms with Gasteiger partial charge < -0.3 is 5.32 Å². The van der Waals surface area contributed by atoms with Crippen LogP contribution in [0.3, 0.4) is 0 Å². The molecule has 1 aliphatic carbocycles. The lowest BCUT2D eigenvalue weighted by Crippen LogP contribution is -2.35. The molecule has 0 unspecified atom stereocenters. The first kappa shape index (κ1) is 14.0. The van der Waals surface area contributed by atoms with Gasteiger partial charge in [-0.15, -0.1) is 0 Å². The zero-order valence-corrected chi connectivity index (χ0v) is 11.7. The summed E-state index contributed by atoms with van der Waals surface area (Å²) in [4.78, 5) is 3.90. The third-order valence-electron chi connectivity index (χ3n) is 3.45. The van der Waals surface area contributed by atoms with Crippen molar-refractivity contribution in [3.63, 3.8) is 0 Å². The number of nitrogens with one attached hydrogen (secondary N) is 1. The average molecular weight is 291 g/mol. The predicted octanol–water partition coefficient (Wildman–Crippen LogP) is 3.80. The summed E-state index contributed by atoms with van der Waals surface area (Å²) >= 11 is 12.0. The molecule has 1 aromatic rings. The van der Waals surface area contributed by atoms with Crippen molar-refractivity contribution in [2.75, 3.05) is 13.1 Å². The van der Waals surface area contributed by atoms with Gasteiger partial charge in [0, 0.05) is 18.9 Å². The van der Waals surface area contributed by atoms with Gasteiger partial charge in [0.05, 0.1) is 10.0 Å². The first-order valence-electron chi connectivity index (χ1n) is 6.28. The number of alkyl halides is 1. The van der Waals surface area contributed by atoms with Crippen LogP contribution in [0.25, 0.3) is 0 Å². The highest BCUT2D eigenvalue weighted by atomic mass is 35.5. The normalized spacial score (nSPS) is 18.2. The highest BCUT2D eigenvalue weighted by Crippen LogP contribution is 2.32. The van der Waals surface area contributed by atoms with Crippen molar-refractivity contribution >= 4 is 23.2 Å². The molecule has 2 nitrogen and oxygen atoms in total. The molecule has 100 valence electrons. The number of rotatable bonds is 5. The van der Waals surface area contributed by atoms with Crippen molar-refractivity contribution in [2.24, 2.45) is 0 Å². The van der Waals surface area contributed by atoms with E-state index in [0.29, 0.717) is 42.4 Å². The molecule has 1 aliphatic rings. The Morgan fingerprint density at radius 3 is 2.44 bits per heavy atom. The lowest BCUT2D eigenvalue weighted by molar-refractivity contribution is 0.169. The topological polar surface area (TPSA) is 24.9 Å². The first-order valence-corrected chi connectivity index (χ1v) is 7.04. The summed E-state index contributed by atoms with van der Waals surface area (Å²) in [6, 6.07) is 0. The molecule has 0 radical (unpaired) electrons. The SMILES string of the molecule is FC1(CNCCc2c(Cl)cncc2Cl)CCCC1. The molecular weight excluding hydrogens is 274 g/mol. The average Bonchev–Trinajstić information content (AvgIpc) is 2.75. The van der Waals surface area contributed by atoms with Gasteiger partial charge in [-0.05, 0) is 31.4 Å². The Labute approximate surface area is 117 Å². The van der Waals surface area contributed by atoms with E-state index in [1.807, 2.05) is 0 Å². The van der Waals surface area contributed by atoms with Crippen molar-refractivity contribution < 1.29 is 4.39 Å². The zero-order valence-electron chi connectivity index (χ0n) is 10.2. The Hall–Kier alpha value is -0.380. The molecule has 0 spiro atoms. The van der Waals surface area contributed by atoms with E-state index >= 15 is 0 Å². The van der Waals surface area contributed by atoms with Crippen LogP contribution >= 0.6 is 23.2 Å². The van der Waals surface area contributed by atoms with Crippen molar-refractivity contribution in [1.82, 2.24) is 10.3 Å². The van der Waals surface area contributed by atoms with Crippen molar-refractivity contribution in [2.45, 2.75) is 37.8 Å². The number of pyridine rings is 1. The Morgan fingerprint density at radius 2 is 1.83 bits per heavy atom. The Kier molecular flexibility index (Phi) is 4.82. The second-order valence-electron chi connectivity index (χ2n) is 4.87. The predicted molar refractivity (Wildman–Crippen MR) is 73.1 cm³/mol. The molecule has 18 heavy (non-hydrogen) atoms. The first-order chi connectivity index (χ1) is 8.61. The van der Waals surface area contributed by atoms with Crippen LogP contribution in [0.5, 0.6) is 0 Å². The van der Waals surface area contributed by atoms with E-state index < -0.39 is 5.67 Å². The van der Waals surface area contributed by atoms with Crippen LogP contribution in [0, 0.1) is 0 Å². The van der Waals surface area contributed by atoms with Crippen molar-refractivity contribution in [1.29, 1.82) is 0 Å². The van der Waals surface area contributed by atoms with Crippen LogP contribution in [0.15, 0.2) is 12.4 Å². The number of nitrogens with zero attached hydrogens (tertiary/aromatic N) is 1. The molecule has 1 aromatic heterocycles.